The molecule has 0 saturated heterocycles. The highest BCUT2D eigenvalue weighted by Gasteiger charge is 2.52. The summed E-state index contributed by atoms with van der Waals surface area (Å²) in [6, 6.07) is 64.9. The lowest BCUT2D eigenvalue weighted by Gasteiger charge is -2.35. The number of hydrogen-bond donors (Lipinski definition) is 0. The molecule has 7 aromatic carbocycles. The van der Waals surface area contributed by atoms with E-state index in [9.17, 15) is 0 Å². The lowest BCUT2D eigenvalue weighted by atomic mass is 9.67. The van der Waals surface area contributed by atoms with Crippen LogP contribution >= 0.6 is 0 Å². The van der Waals surface area contributed by atoms with E-state index in [4.69, 9.17) is 4.74 Å². The average Bonchev–Trinajstić information content (AvgIpc) is 3.62. The highest BCUT2D eigenvalue weighted by Crippen LogP contribution is 2.59. The number of hydrogen-bond acceptors (Lipinski definition) is 2. The molecule has 0 spiro atoms. The van der Waals surface area contributed by atoms with E-state index in [1.165, 1.54) is 50.1 Å². The molecule has 2 nitrogen and oxygen atoms in total. The van der Waals surface area contributed by atoms with Crippen LogP contribution in [0.1, 0.15) is 66.1 Å². The molecule has 0 aromatic heterocycles. The number of anilines is 3. The van der Waals surface area contributed by atoms with Crippen molar-refractivity contribution < 1.29 is 4.74 Å². The molecule has 0 bridgehead atoms. The second-order valence-corrected chi connectivity index (χ2v) is 15.2. The number of benzene rings is 7. The van der Waals surface area contributed by atoms with Gasteiger partial charge in [-0.05, 0) is 105 Å². The van der Waals surface area contributed by atoms with Crippen LogP contribution in [0.15, 0.2) is 176 Å². The summed E-state index contributed by atoms with van der Waals surface area (Å²) in [5.41, 5.74) is 14.9. The van der Waals surface area contributed by atoms with Gasteiger partial charge in [0.15, 0.2) is 0 Å². The lowest BCUT2D eigenvalue weighted by Crippen LogP contribution is -2.30. The molecule has 2 aliphatic carbocycles. The maximum atomic E-state index is 5.56. The summed E-state index contributed by atoms with van der Waals surface area (Å²) in [6.45, 7) is 7.13. The van der Waals surface area contributed by atoms with Gasteiger partial charge in [0.05, 0.1) is 7.11 Å². The predicted octanol–water partition coefficient (Wildman–Crippen LogP) is 12.5. The molecule has 0 saturated carbocycles. The van der Waals surface area contributed by atoms with E-state index < -0.39 is 0 Å². The smallest absolute Gasteiger partial charge is 0.119 e. The monoisotopic (exact) mass is 673 g/mol. The molecule has 0 radical (unpaired) electrons. The zero-order chi connectivity index (χ0) is 35.5. The Labute approximate surface area is 308 Å². The van der Waals surface area contributed by atoms with Gasteiger partial charge in [-0.25, -0.2) is 0 Å². The number of nitrogens with zero attached hydrogens (tertiary/aromatic N) is 1. The van der Waals surface area contributed by atoms with E-state index in [1.807, 2.05) is 12.1 Å². The molecule has 2 aliphatic rings. The topological polar surface area (TPSA) is 12.5 Å². The van der Waals surface area contributed by atoms with Crippen LogP contribution in [0, 0.1) is 0 Å². The van der Waals surface area contributed by atoms with Crippen LogP contribution in [-0.2, 0) is 16.2 Å². The van der Waals surface area contributed by atoms with Crippen LogP contribution in [0.5, 0.6) is 5.75 Å². The normalized spacial score (nSPS) is 17.5. The van der Waals surface area contributed by atoms with Gasteiger partial charge in [0.25, 0.3) is 0 Å². The zero-order valence-electron chi connectivity index (χ0n) is 30.3. The molecule has 0 aliphatic heterocycles. The molecule has 1 atom stereocenters. The third kappa shape index (κ3) is 4.78. The Balaban J connectivity index is 1.16. The van der Waals surface area contributed by atoms with Gasteiger partial charge in [-0.1, -0.05) is 148 Å². The van der Waals surface area contributed by atoms with Crippen molar-refractivity contribution >= 4 is 17.1 Å². The minimum atomic E-state index is -0.267. The van der Waals surface area contributed by atoms with Gasteiger partial charge in [-0.2, -0.15) is 0 Å². The fraction of sp³-hybridized carbons (Fsp3) is 0.160. The third-order valence-corrected chi connectivity index (χ3v) is 12.1. The molecule has 1 unspecified atom stereocenters. The highest BCUT2D eigenvalue weighted by molar-refractivity contribution is 5.85. The Bertz CT molecular complexity index is 2350. The molecule has 0 amide bonds. The standard InChI is InChI=1S/C50H43NO/c1-48(2)44-20-12-11-19-42(44)43-32-29-40(33-47(43)48)51(39-27-30-41(52-4)31-28-39)38-25-23-35(24-26-38)49(3)34-50(36-15-7-5-8-16-36,37-17-9-6-10-18-37)46-22-14-13-21-45(46)49/h5-33H,34H2,1-4H3. The average molecular weight is 674 g/mol. The van der Waals surface area contributed by atoms with Crippen molar-refractivity contribution in [1.82, 2.24) is 0 Å². The van der Waals surface area contributed by atoms with Crippen LogP contribution < -0.4 is 9.64 Å². The third-order valence-electron chi connectivity index (χ3n) is 12.1. The van der Waals surface area contributed by atoms with E-state index in [2.05, 4.69) is 189 Å². The van der Waals surface area contributed by atoms with E-state index in [-0.39, 0.29) is 16.2 Å². The van der Waals surface area contributed by atoms with Crippen LogP contribution in [0.25, 0.3) is 11.1 Å². The SMILES string of the molecule is COc1ccc(N(c2ccc(C3(C)CC(c4ccccc4)(c4ccccc4)c4ccccc43)cc2)c2ccc3c(c2)C(C)(C)c2ccccc2-3)cc1. The summed E-state index contributed by atoms with van der Waals surface area (Å²) in [5.74, 6) is 0.845. The van der Waals surface area contributed by atoms with Crippen LogP contribution in [0.4, 0.5) is 17.1 Å². The number of rotatable bonds is 7. The van der Waals surface area contributed by atoms with Gasteiger partial charge in [0, 0.05) is 33.3 Å². The number of fused-ring (bicyclic) bond motifs is 4. The first-order valence-electron chi connectivity index (χ1n) is 18.3. The molecule has 0 heterocycles. The zero-order valence-corrected chi connectivity index (χ0v) is 30.3. The Kier molecular flexibility index (Phi) is 7.48. The minimum Gasteiger partial charge on any atom is -0.497 e. The van der Waals surface area contributed by atoms with Crippen molar-refractivity contribution in [1.29, 1.82) is 0 Å². The maximum absolute atomic E-state index is 5.56. The van der Waals surface area contributed by atoms with Crippen LogP contribution in [-0.4, -0.2) is 7.11 Å². The minimum absolute atomic E-state index is 0.0914. The second kappa shape index (κ2) is 12.1. The van der Waals surface area contributed by atoms with E-state index in [1.54, 1.807) is 7.11 Å². The van der Waals surface area contributed by atoms with Gasteiger partial charge >= 0.3 is 0 Å². The quantitative estimate of drug-likeness (QED) is 0.167. The summed E-state index contributed by atoms with van der Waals surface area (Å²) >= 11 is 0. The largest absolute Gasteiger partial charge is 0.497 e. The molecule has 0 N–H and O–H groups in total. The summed E-state index contributed by atoms with van der Waals surface area (Å²) in [7, 11) is 1.72. The first-order chi connectivity index (χ1) is 25.3. The summed E-state index contributed by atoms with van der Waals surface area (Å²) in [5, 5.41) is 0. The van der Waals surface area contributed by atoms with Gasteiger partial charge in [-0.3, -0.25) is 0 Å². The van der Waals surface area contributed by atoms with Crippen LogP contribution in [0.3, 0.4) is 0 Å². The van der Waals surface area contributed by atoms with E-state index in [0.29, 0.717) is 0 Å². The van der Waals surface area contributed by atoms with E-state index in [0.717, 1.165) is 29.2 Å². The number of ether oxygens (including phenoxy) is 1. The van der Waals surface area contributed by atoms with Crippen molar-refractivity contribution in [2.24, 2.45) is 0 Å². The second-order valence-electron chi connectivity index (χ2n) is 15.2. The molecule has 2 heteroatoms. The molecular formula is C50H43NO. The van der Waals surface area contributed by atoms with Gasteiger partial charge in [0.1, 0.15) is 5.75 Å². The molecular weight excluding hydrogens is 631 g/mol. The Morgan fingerprint density at radius 2 is 0.942 bits per heavy atom. The molecule has 9 rings (SSSR count). The molecule has 0 fully saturated rings. The first kappa shape index (κ1) is 32.1. The highest BCUT2D eigenvalue weighted by atomic mass is 16.5. The predicted molar refractivity (Wildman–Crippen MR) is 216 cm³/mol. The van der Waals surface area contributed by atoms with Crippen molar-refractivity contribution in [3.8, 4) is 16.9 Å². The van der Waals surface area contributed by atoms with Crippen molar-refractivity contribution in [2.45, 2.75) is 43.4 Å². The lowest BCUT2D eigenvalue weighted by molar-refractivity contribution is 0.415. The first-order valence-corrected chi connectivity index (χ1v) is 18.3. The molecule has 254 valence electrons. The fourth-order valence-electron chi connectivity index (χ4n) is 9.43. The van der Waals surface area contributed by atoms with Gasteiger partial charge < -0.3 is 9.64 Å². The van der Waals surface area contributed by atoms with Crippen molar-refractivity contribution in [3.63, 3.8) is 0 Å². The molecule has 7 aromatic rings. The van der Waals surface area contributed by atoms with E-state index >= 15 is 0 Å². The van der Waals surface area contributed by atoms with Crippen molar-refractivity contribution in [2.75, 3.05) is 12.0 Å². The van der Waals surface area contributed by atoms with Crippen molar-refractivity contribution in [3.05, 3.63) is 215 Å². The Morgan fingerprint density at radius 3 is 1.56 bits per heavy atom. The Hall–Kier alpha value is -5.86. The van der Waals surface area contributed by atoms with Crippen LogP contribution in [0.2, 0.25) is 0 Å². The molecule has 52 heavy (non-hydrogen) atoms. The number of methoxy groups -OCH3 is 1. The van der Waals surface area contributed by atoms with Gasteiger partial charge in [-0.15, -0.1) is 0 Å². The summed E-state index contributed by atoms with van der Waals surface area (Å²) in [4.78, 5) is 2.38. The summed E-state index contributed by atoms with van der Waals surface area (Å²) in [6.07, 6.45) is 0.940. The summed E-state index contributed by atoms with van der Waals surface area (Å²) < 4.78 is 5.56. The Morgan fingerprint density at radius 1 is 0.442 bits per heavy atom. The van der Waals surface area contributed by atoms with Gasteiger partial charge in [0.2, 0.25) is 0 Å². The fourth-order valence-corrected chi connectivity index (χ4v) is 9.43. The maximum Gasteiger partial charge on any atom is 0.119 e.